The van der Waals surface area contributed by atoms with Gasteiger partial charge in [-0.2, -0.15) is 0 Å². The number of rotatable bonds is 5. The van der Waals surface area contributed by atoms with Crippen LogP contribution in [0, 0.1) is 11.6 Å². The van der Waals surface area contributed by atoms with Crippen LogP contribution in [0.4, 0.5) is 8.78 Å². The largest absolute Gasteiger partial charge is 0.370 e. The second-order valence-corrected chi connectivity index (χ2v) is 3.45. The summed E-state index contributed by atoms with van der Waals surface area (Å²) in [5, 5.41) is 2.93. The molecule has 0 aromatic heterocycles. The zero-order valence-corrected chi connectivity index (χ0v) is 8.97. The van der Waals surface area contributed by atoms with Gasteiger partial charge in [-0.3, -0.25) is 4.79 Å². The van der Waals surface area contributed by atoms with Crippen molar-refractivity contribution in [2.24, 2.45) is 5.73 Å². The van der Waals surface area contributed by atoms with E-state index in [-0.39, 0.29) is 12.0 Å². The zero-order chi connectivity index (χ0) is 12.1. The Kier molecular flexibility index (Phi) is 4.37. The van der Waals surface area contributed by atoms with Crippen molar-refractivity contribution < 1.29 is 13.6 Å². The van der Waals surface area contributed by atoms with Gasteiger partial charge in [-0.25, -0.2) is 8.78 Å². The summed E-state index contributed by atoms with van der Waals surface area (Å²) in [5.41, 5.74) is 5.32. The number of hydrogen-bond donors (Lipinski definition) is 2. The lowest BCUT2D eigenvalue weighted by atomic mass is 10.0. The predicted octanol–water partition coefficient (Wildman–Crippen LogP) is 1.49. The summed E-state index contributed by atoms with van der Waals surface area (Å²) in [4.78, 5) is 10.8. The summed E-state index contributed by atoms with van der Waals surface area (Å²) < 4.78 is 26.1. The number of nitrogens with one attached hydrogen (secondary N) is 1. The Labute approximate surface area is 92.6 Å². The summed E-state index contributed by atoms with van der Waals surface area (Å²) in [6, 6.07) is 2.76. The van der Waals surface area contributed by atoms with Crippen LogP contribution < -0.4 is 11.1 Å². The maximum absolute atomic E-state index is 13.4. The average Bonchev–Trinajstić information content (AvgIpc) is 2.16. The summed E-state index contributed by atoms with van der Waals surface area (Å²) in [6.07, 6.45) is -0.0175. The first-order valence-electron chi connectivity index (χ1n) is 5.01. The van der Waals surface area contributed by atoms with Crippen molar-refractivity contribution in [3.8, 4) is 0 Å². The van der Waals surface area contributed by atoms with Gasteiger partial charge in [0, 0.05) is 24.1 Å². The van der Waals surface area contributed by atoms with Crippen LogP contribution in [0.2, 0.25) is 0 Å². The second-order valence-electron chi connectivity index (χ2n) is 3.45. The van der Waals surface area contributed by atoms with Crippen LogP contribution >= 0.6 is 0 Å². The van der Waals surface area contributed by atoms with Gasteiger partial charge in [0.25, 0.3) is 0 Å². The Morgan fingerprint density at radius 3 is 2.69 bits per heavy atom. The molecule has 0 saturated carbocycles. The van der Waals surface area contributed by atoms with Gasteiger partial charge in [-0.1, -0.05) is 13.0 Å². The minimum atomic E-state index is -0.674. The maximum atomic E-state index is 13.4. The molecule has 88 valence electrons. The minimum absolute atomic E-state index is 0.0175. The second kappa shape index (κ2) is 5.55. The molecule has 5 heteroatoms. The van der Waals surface area contributed by atoms with E-state index in [1.165, 1.54) is 6.07 Å². The van der Waals surface area contributed by atoms with E-state index >= 15 is 0 Å². The molecule has 0 spiro atoms. The van der Waals surface area contributed by atoms with Gasteiger partial charge in [0.15, 0.2) is 0 Å². The molecule has 3 nitrogen and oxygen atoms in total. The molecule has 1 aromatic rings. The molecule has 0 bridgehead atoms. The molecule has 1 aromatic carbocycles. The lowest BCUT2D eigenvalue weighted by Gasteiger charge is -2.17. The lowest BCUT2D eigenvalue weighted by molar-refractivity contribution is -0.118. The first-order chi connectivity index (χ1) is 7.54. The Bertz CT molecular complexity index is 382. The molecule has 0 aliphatic carbocycles. The summed E-state index contributed by atoms with van der Waals surface area (Å²) >= 11 is 0. The van der Waals surface area contributed by atoms with Crippen LogP contribution in [-0.4, -0.2) is 12.5 Å². The molecule has 0 aliphatic rings. The zero-order valence-electron chi connectivity index (χ0n) is 8.97. The van der Waals surface area contributed by atoms with Gasteiger partial charge in [-0.05, 0) is 12.6 Å². The number of primary amides is 1. The van der Waals surface area contributed by atoms with Crippen molar-refractivity contribution in [3.63, 3.8) is 0 Å². The van der Waals surface area contributed by atoms with Crippen molar-refractivity contribution in [2.75, 3.05) is 6.54 Å². The SMILES string of the molecule is CCNC(CC(N)=O)c1ccc(F)cc1F. The first kappa shape index (κ1) is 12.6. The number of carbonyl (C=O) groups excluding carboxylic acids is 1. The quantitative estimate of drug-likeness (QED) is 0.802. The van der Waals surface area contributed by atoms with Crippen LogP contribution in [0.3, 0.4) is 0 Å². The van der Waals surface area contributed by atoms with Crippen molar-refractivity contribution >= 4 is 5.91 Å². The Morgan fingerprint density at radius 2 is 2.19 bits per heavy atom. The fourth-order valence-corrected chi connectivity index (χ4v) is 1.52. The standard InChI is InChI=1S/C11H14F2N2O/c1-2-15-10(6-11(14)16)8-4-3-7(12)5-9(8)13/h3-5,10,15H,2,6H2,1H3,(H2,14,16). The molecule has 1 atom stereocenters. The van der Waals surface area contributed by atoms with E-state index in [2.05, 4.69) is 5.32 Å². The van der Waals surface area contributed by atoms with E-state index in [0.717, 1.165) is 12.1 Å². The van der Waals surface area contributed by atoms with Gasteiger partial charge in [-0.15, -0.1) is 0 Å². The van der Waals surface area contributed by atoms with Crippen molar-refractivity contribution in [2.45, 2.75) is 19.4 Å². The lowest BCUT2D eigenvalue weighted by Crippen LogP contribution is -2.27. The summed E-state index contributed by atoms with van der Waals surface area (Å²) in [6.45, 7) is 2.39. The molecule has 0 fully saturated rings. The number of halogens is 2. The number of carbonyl (C=O) groups is 1. The van der Waals surface area contributed by atoms with Gasteiger partial charge in [0.1, 0.15) is 11.6 Å². The van der Waals surface area contributed by atoms with Crippen molar-refractivity contribution in [3.05, 3.63) is 35.4 Å². The van der Waals surface area contributed by atoms with Crippen molar-refractivity contribution in [1.29, 1.82) is 0 Å². The number of hydrogen-bond acceptors (Lipinski definition) is 2. The van der Waals surface area contributed by atoms with Gasteiger partial charge in [0.05, 0.1) is 0 Å². The molecule has 0 radical (unpaired) electrons. The topological polar surface area (TPSA) is 55.1 Å². The highest BCUT2D eigenvalue weighted by Crippen LogP contribution is 2.20. The monoisotopic (exact) mass is 228 g/mol. The molecular weight excluding hydrogens is 214 g/mol. The molecule has 0 heterocycles. The van der Waals surface area contributed by atoms with Crippen LogP contribution in [0.15, 0.2) is 18.2 Å². The van der Waals surface area contributed by atoms with Crippen LogP contribution in [0.25, 0.3) is 0 Å². The molecule has 1 unspecified atom stereocenters. The first-order valence-corrected chi connectivity index (χ1v) is 5.01. The molecule has 0 saturated heterocycles. The predicted molar refractivity (Wildman–Crippen MR) is 56.6 cm³/mol. The van der Waals surface area contributed by atoms with E-state index in [9.17, 15) is 13.6 Å². The van der Waals surface area contributed by atoms with Gasteiger partial charge >= 0.3 is 0 Å². The maximum Gasteiger partial charge on any atom is 0.219 e. The molecule has 0 aliphatic heterocycles. The Morgan fingerprint density at radius 1 is 1.50 bits per heavy atom. The van der Waals surface area contributed by atoms with E-state index < -0.39 is 23.6 Å². The van der Waals surface area contributed by atoms with Gasteiger partial charge < -0.3 is 11.1 Å². The van der Waals surface area contributed by atoms with Crippen LogP contribution in [-0.2, 0) is 4.79 Å². The number of nitrogens with two attached hydrogens (primary N) is 1. The Balaban J connectivity index is 2.95. The fraction of sp³-hybridized carbons (Fsp3) is 0.364. The normalized spacial score (nSPS) is 12.4. The molecule has 1 rings (SSSR count). The third-order valence-corrected chi connectivity index (χ3v) is 2.19. The third kappa shape index (κ3) is 3.27. The molecule has 1 amide bonds. The number of amides is 1. The van der Waals surface area contributed by atoms with Gasteiger partial charge in [0.2, 0.25) is 5.91 Å². The van der Waals surface area contributed by atoms with Crippen LogP contribution in [0.1, 0.15) is 24.9 Å². The summed E-state index contributed by atoms with van der Waals surface area (Å²) in [5.74, 6) is -1.85. The van der Waals surface area contributed by atoms with E-state index in [1.807, 2.05) is 6.92 Å². The van der Waals surface area contributed by atoms with Crippen molar-refractivity contribution in [1.82, 2.24) is 5.32 Å². The molecular formula is C11H14F2N2O. The van der Waals surface area contributed by atoms with E-state index in [1.54, 1.807) is 0 Å². The highest BCUT2D eigenvalue weighted by Gasteiger charge is 2.17. The Hall–Kier alpha value is -1.49. The third-order valence-electron chi connectivity index (χ3n) is 2.19. The highest BCUT2D eigenvalue weighted by atomic mass is 19.1. The highest BCUT2D eigenvalue weighted by molar-refractivity contribution is 5.74. The van der Waals surface area contributed by atoms with E-state index in [4.69, 9.17) is 5.73 Å². The fourth-order valence-electron chi connectivity index (χ4n) is 1.52. The van der Waals surface area contributed by atoms with E-state index in [0.29, 0.717) is 6.54 Å². The smallest absolute Gasteiger partial charge is 0.219 e. The summed E-state index contributed by atoms with van der Waals surface area (Å²) in [7, 11) is 0. The average molecular weight is 228 g/mol. The molecule has 16 heavy (non-hydrogen) atoms. The minimum Gasteiger partial charge on any atom is -0.370 e. The number of benzene rings is 1. The van der Waals surface area contributed by atoms with Crippen LogP contribution in [0.5, 0.6) is 0 Å². The molecule has 3 N–H and O–H groups in total.